The van der Waals surface area contributed by atoms with E-state index in [9.17, 15) is 4.79 Å². The number of carbonyl (C=O) groups is 1. The first-order valence-corrected chi connectivity index (χ1v) is 6.34. The third-order valence-corrected chi connectivity index (χ3v) is 3.06. The predicted octanol–water partition coefficient (Wildman–Crippen LogP) is 2.05. The molecule has 0 unspecified atom stereocenters. The average Bonchev–Trinajstić information content (AvgIpc) is 2.82. The number of ether oxygens (including phenoxy) is 1. The molecule has 0 fully saturated rings. The number of anilines is 2. The van der Waals surface area contributed by atoms with Crippen molar-refractivity contribution in [1.82, 2.24) is 9.78 Å². The van der Waals surface area contributed by atoms with Gasteiger partial charge in [0.15, 0.2) is 0 Å². The largest absolute Gasteiger partial charge is 0.497 e. The lowest BCUT2D eigenvalue weighted by Crippen LogP contribution is -2.19. The maximum Gasteiger partial charge on any atom is 0.276 e. The summed E-state index contributed by atoms with van der Waals surface area (Å²) >= 11 is 0. The van der Waals surface area contributed by atoms with Crippen molar-refractivity contribution in [3.8, 4) is 5.75 Å². The van der Waals surface area contributed by atoms with E-state index in [1.54, 1.807) is 23.9 Å². The quantitative estimate of drug-likeness (QED) is 0.894. The van der Waals surface area contributed by atoms with Crippen LogP contribution in [0.3, 0.4) is 0 Å². The number of rotatable bonds is 4. The first-order valence-electron chi connectivity index (χ1n) is 6.34. The molecular formula is C14H18N4O2. The second kappa shape index (κ2) is 5.64. The minimum atomic E-state index is -0.268. The standard InChI is InChI=1S/C14H18N4O2/c1-4-18-13(11(15)8-16-18)14(19)17-12-6-5-10(20-3)7-9(12)2/h5-8H,4,15H2,1-3H3,(H,17,19). The Morgan fingerprint density at radius 3 is 2.85 bits per heavy atom. The van der Waals surface area contributed by atoms with Gasteiger partial charge in [-0.3, -0.25) is 9.48 Å². The van der Waals surface area contributed by atoms with Crippen LogP contribution in [0.25, 0.3) is 0 Å². The average molecular weight is 274 g/mol. The van der Waals surface area contributed by atoms with Crippen LogP contribution in [0, 0.1) is 6.92 Å². The topological polar surface area (TPSA) is 82.2 Å². The van der Waals surface area contributed by atoms with Crippen LogP contribution < -0.4 is 15.8 Å². The lowest BCUT2D eigenvalue weighted by Gasteiger charge is -2.11. The first kappa shape index (κ1) is 13.9. The molecule has 6 heteroatoms. The summed E-state index contributed by atoms with van der Waals surface area (Å²) in [6, 6.07) is 5.45. The molecule has 0 aliphatic rings. The third kappa shape index (κ3) is 2.59. The molecule has 106 valence electrons. The van der Waals surface area contributed by atoms with Crippen molar-refractivity contribution < 1.29 is 9.53 Å². The number of aromatic nitrogens is 2. The molecule has 1 amide bonds. The highest BCUT2D eigenvalue weighted by Crippen LogP contribution is 2.22. The molecule has 2 aromatic rings. The molecule has 0 saturated heterocycles. The Labute approximate surface area is 117 Å². The van der Waals surface area contributed by atoms with Crippen LogP contribution in [-0.2, 0) is 6.54 Å². The van der Waals surface area contributed by atoms with E-state index in [4.69, 9.17) is 10.5 Å². The fourth-order valence-electron chi connectivity index (χ4n) is 1.97. The van der Waals surface area contributed by atoms with Crippen molar-refractivity contribution in [2.75, 3.05) is 18.2 Å². The molecule has 2 rings (SSSR count). The van der Waals surface area contributed by atoms with Crippen LogP contribution in [0.5, 0.6) is 5.75 Å². The molecule has 0 aliphatic heterocycles. The summed E-state index contributed by atoms with van der Waals surface area (Å²) in [6.07, 6.45) is 1.49. The summed E-state index contributed by atoms with van der Waals surface area (Å²) in [4.78, 5) is 12.3. The van der Waals surface area contributed by atoms with Gasteiger partial charge in [0, 0.05) is 12.2 Å². The van der Waals surface area contributed by atoms with Gasteiger partial charge >= 0.3 is 0 Å². The van der Waals surface area contributed by atoms with Gasteiger partial charge in [-0.05, 0) is 37.6 Å². The zero-order valence-electron chi connectivity index (χ0n) is 11.8. The van der Waals surface area contributed by atoms with Crippen LogP contribution in [0.15, 0.2) is 24.4 Å². The second-order valence-corrected chi connectivity index (χ2v) is 4.40. The number of nitrogens with zero attached hydrogens (tertiary/aromatic N) is 2. The SMILES string of the molecule is CCn1ncc(N)c1C(=O)Nc1ccc(OC)cc1C. The van der Waals surface area contributed by atoms with Gasteiger partial charge in [-0.15, -0.1) is 0 Å². The maximum atomic E-state index is 12.3. The van der Waals surface area contributed by atoms with Crippen LogP contribution in [-0.4, -0.2) is 22.8 Å². The van der Waals surface area contributed by atoms with Gasteiger partial charge in [0.2, 0.25) is 0 Å². The van der Waals surface area contributed by atoms with Gasteiger partial charge in [-0.1, -0.05) is 0 Å². The monoisotopic (exact) mass is 274 g/mol. The molecule has 0 atom stereocenters. The number of aryl methyl sites for hydroxylation is 2. The number of nitrogen functional groups attached to an aromatic ring is 1. The lowest BCUT2D eigenvalue weighted by atomic mass is 10.2. The van der Waals surface area contributed by atoms with Crippen molar-refractivity contribution in [3.05, 3.63) is 35.7 Å². The van der Waals surface area contributed by atoms with Crippen LogP contribution in [0.2, 0.25) is 0 Å². The molecule has 6 nitrogen and oxygen atoms in total. The van der Waals surface area contributed by atoms with Crippen LogP contribution in [0.4, 0.5) is 11.4 Å². The Morgan fingerprint density at radius 2 is 2.25 bits per heavy atom. The molecular weight excluding hydrogens is 256 g/mol. The van der Waals surface area contributed by atoms with E-state index in [1.807, 2.05) is 19.9 Å². The summed E-state index contributed by atoms with van der Waals surface area (Å²) in [7, 11) is 1.60. The summed E-state index contributed by atoms with van der Waals surface area (Å²) in [5.74, 6) is 0.480. The third-order valence-electron chi connectivity index (χ3n) is 3.06. The van der Waals surface area contributed by atoms with Gasteiger partial charge < -0.3 is 15.8 Å². The van der Waals surface area contributed by atoms with Gasteiger partial charge in [0.1, 0.15) is 11.4 Å². The molecule has 1 aromatic heterocycles. The van der Waals surface area contributed by atoms with Gasteiger partial charge in [-0.25, -0.2) is 0 Å². The fourth-order valence-corrected chi connectivity index (χ4v) is 1.97. The maximum absolute atomic E-state index is 12.3. The van der Waals surface area contributed by atoms with Crippen LogP contribution in [0.1, 0.15) is 23.0 Å². The predicted molar refractivity (Wildman–Crippen MR) is 78.0 cm³/mol. The molecule has 0 aliphatic carbocycles. The number of hydrogen-bond donors (Lipinski definition) is 2. The Bertz CT molecular complexity index is 634. The lowest BCUT2D eigenvalue weighted by molar-refractivity contribution is 0.101. The van der Waals surface area contributed by atoms with Gasteiger partial charge in [-0.2, -0.15) is 5.10 Å². The molecule has 1 aromatic carbocycles. The minimum absolute atomic E-state index is 0.268. The molecule has 3 N–H and O–H groups in total. The molecule has 20 heavy (non-hydrogen) atoms. The number of nitrogens with two attached hydrogens (primary N) is 1. The van der Waals surface area contributed by atoms with E-state index >= 15 is 0 Å². The first-order chi connectivity index (χ1) is 9.56. The Balaban J connectivity index is 2.25. The second-order valence-electron chi connectivity index (χ2n) is 4.40. The van der Waals surface area contributed by atoms with Gasteiger partial charge in [0.25, 0.3) is 5.91 Å². The highest BCUT2D eigenvalue weighted by molar-refractivity contribution is 6.06. The fraction of sp³-hybridized carbons (Fsp3) is 0.286. The van der Waals surface area contributed by atoms with Crippen molar-refractivity contribution in [1.29, 1.82) is 0 Å². The molecule has 1 heterocycles. The van der Waals surface area contributed by atoms with Crippen LogP contribution >= 0.6 is 0 Å². The zero-order valence-corrected chi connectivity index (χ0v) is 11.8. The number of nitrogens with one attached hydrogen (secondary N) is 1. The van der Waals surface area contributed by atoms with Crippen molar-refractivity contribution in [3.63, 3.8) is 0 Å². The minimum Gasteiger partial charge on any atom is -0.497 e. The Hall–Kier alpha value is -2.50. The van der Waals surface area contributed by atoms with E-state index in [0.717, 1.165) is 17.0 Å². The summed E-state index contributed by atoms with van der Waals surface area (Å²) in [5.41, 5.74) is 8.18. The number of benzene rings is 1. The van der Waals surface area contributed by atoms with Crippen molar-refractivity contribution >= 4 is 17.3 Å². The summed E-state index contributed by atoms with van der Waals surface area (Å²) < 4.78 is 6.71. The van der Waals surface area contributed by atoms with E-state index < -0.39 is 0 Å². The van der Waals surface area contributed by atoms with E-state index in [1.165, 1.54) is 6.20 Å². The van der Waals surface area contributed by atoms with Crippen molar-refractivity contribution in [2.24, 2.45) is 0 Å². The number of methoxy groups -OCH3 is 1. The van der Waals surface area contributed by atoms with E-state index in [2.05, 4.69) is 10.4 Å². The Morgan fingerprint density at radius 1 is 1.50 bits per heavy atom. The number of carbonyl (C=O) groups excluding carboxylic acids is 1. The summed E-state index contributed by atoms with van der Waals surface area (Å²) in [6.45, 7) is 4.39. The highest BCUT2D eigenvalue weighted by Gasteiger charge is 2.17. The highest BCUT2D eigenvalue weighted by atomic mass is 16.5. The normalized spacial score (nSPS) is 10.3. The number of amides is 1. The summed E-state index contributed by atoms with van der Waals surface area (Å²) in [5, 5.41) is 6.90. The molecule has 0 spiro atoms. The van der Waals surface area contributed by atoms with E-state index in [0.29, 0.717) is 17.9 Å². The van der Waals surface area contributed by atoms with Crippen molar-refractivity contribution in [2.45, 2.75) is 20.4 Å². The molecule has 0 radical (unpaired) electrons. The zero-order chi connectivity index (χ0) is 14.7. The molecule has 0 saturated carbocycles. The van der Waals surface area contributed by atoms with Gasteiger partial charge in [0.05, 0.1) is 19.0 Å². The van der Waals surface area contributed by atoms with E-state index in [-0.39, 0.29) is 5.91 Å². The molecule has 0 bridgehead atoms. The smallest absolute Gasteiger partial charge is 0.276 e. The number of hydrogen-bond acceptors (Lipinski definition) is 4. The Kier molecular flexibility index (Phi) is 3.93.